The third-order valence-corrected chi connectivity index (χ3v) is 3.00. The van der Waals surface area contributed by atoms with Crippen LogP contribution in [-0.4, -0.2) is 49.5 Å². The number of hydrogen-bond acceptors (Lipinski definition) is 5. The number of likely N-dealkylation sites (N-methyl/N-ethyl adjacent to an activating group) is 1. The van der Waals surface area contributed by atoms with Gasteiger partial charge in [0.1, 0.15) is 0 Å². The Balaban J connectivity index is 2.34. The number of oxime groups is 1. The van der Waals surface area contributed by atoms with Crippen LogP contribution in [0.25, 0.3) is 5.52 Å². The lowest BCUT2D eigenvalue weighted by Crippen LogP contribution is -2.43. The highest BCUT2D eigenvalue weighted by molar-refractivity contribution is 6.02. The summed E-state index contributed by atoms with van der Waals surface area (Å²) in [6.07, 6.45) is 6.26. The highest BCUT2D eigenvalue weighted by Gasteiger charge is 2.23. The molecule has 2 aromatic heterocycles. The molecule has 2 aromatic rings. The fraction of sp³-hybridized carbons (Fsp3) is 0.273. The first-order valence-electron chi connectivity index (χ1n) is 5.58. The van der Waals surface area contributed by atoms with Crippen molar-refractivity contribution in [3.8, 4) is 0 Å². The van der Waals surface area contributed by atoms with E-state index in [0.29, 0.717) is 11.1 Å². The largest absolute Gasteiger partial charge is 0.409 e. The SMILES string of the molecule is CC(/C(N)=N/O)N(C)C(=O)c1cnn2ccncc12. The van der Waals surface area contributed by atoms with Gasteiger partial charge in [-0.2, -0.15) is 5.10 Å². The molecule has 100 valence electrons. The second-order valence-electron chi connectivity index (χ2n) is 4.08. The van der Waals surface area contributed by atoms with Gasteiger partial charge in [-0.15, -0.1) is 0 Å². The lowest BCUT2D eigenvalue weighted by molar-refractivity contribution is 0.0778. The maximum atomic E-state index is 12.3. The standard InChI is InChI=1S/C11H14N6O2/c1-7(10(12)15-19)16(2)11(18)8-5-14-17-4-3-13-6-9(8)17/h3-7,19H,1-2H3,(H2,12,15). The molecule has 0 aromatic carbocycles. The molecule has 0 bridgehead atoms. The van der Waals surface area contributed by atoms with Crippen molar-refractivity contribution in [1.29, 1.82) is 0 Å². The minimum absolute atomic E-state index is 0.0366. The van der Waals surface area contributed by atoms with Crippen molar-refractivity contribution in [2.45, 2.75) is 13.0 Å². The number of carbonyl (C=O) groups excluding carboxylic acids is 1. The zero-order chi connectivity index (χ0) is 14.0. The molecule has 0 fully saturated rings. The van der Waals surface area contributed by atoms with Crippen LogP contribution < -0.4 is 5.73 Å². The first-order valence-corrected chi connectivity index (χ1v) is 5.58. The average Bonchev–Trinajstić information content (AvgIpc) is 2.87. The fourth-order valence-corrected chi connectivity index (χ4v) is 1.65. The van der Waals surface area contributed by atoms with Crippen LogP contribution >= 0.6 is 0 Å². The summed E-state index contributed by atoms with van der Waals surface area (Å²) < 4.78 is 1.56. The van der Waals surface area contributed by atoms with Crippen molar-refractivity contribution in [3.63, 3.8) is 0 Å². The Kier molecular flexibility index (Phi) is 3.32. The predicted octanol–water partition coefficient (Wildman–Crippen LogP) is -0.0638. The van der Waals surface area contributed by atoms with Gasteiger partial charge >= 0.3 is 0 Å². The summed E-state index contributed by atoms with van der Waals surface area (Å²) >= 11 is 0. The number of amides is 1. The van der Waals surface area contributed by atoms with Gasteiger partial charge in [-0.3, -0.25) is 9.78 Å². The average molecular weight is 262 g/mol. The zero-order valence-electron chi connectivity index (χ0n) is 10.6. The van der Waals surface area contributed by atoms with Crippen LogP contribution in [0.15, 0.2) is 29.9 Å². The molecular weight excluding hydrogens is 248 g/mol. The van der Waals surface area contributed by atoms with Crippen LogP contribution in [0.3, 0.4) is 0 Å². The van der Waals surface area contributed by atoms with Crippen LogP contribution in [0, 0.1) is 0 Å². The lowest BCUT2D eigenvalue weighted by Gasteiger charge is -2.23. The van der Waals surface area contributed by atoms with E-state index in [0.717, 1.165) is 0 Å². The summed E-state index contributed by atoms with van der Waals surface area (Å²) in [6, 6.07) is -0.524. The van der Waals surface area contributed by atoms with Crippen LogP contribution in [0.4, 0.5) is 0 Å². The molecule has 2 heterocycles. The van der Waals surface area contributed by atoms with Crippen molar-refractivity contribution in [2.24, 2.45) is 10.9 Å². The highest BCUT2D eigenvalue weighted by atomic mass is 16.4. The molecule has 0 saturated carbocycles. The van der Waals surface area contributed by atoms with Crippen LogP contribution in [0.5, 0.6) is 0 Å². The molecule has 3 N–H and O–H groups in total. The summed E-state index contributed by atoms with van der Waals surface area (Å²) in [4.78, 5) is 17.7. The molecule has 1 unspecified atom stereocenters. The van der Waals surface area contributed by atoms with E-state index >= 15 is 0 Å². The molecule has 0 aliphatic rings. The fourth-order valence-electron chi connectivity index (χ4n) is 1.65. The number of carbonyl (C=O) groups is 1. The van der Waals surface area contributed by atoms with E-state index in [4.69, 9.17) is 10.9 Å². The Hall–Kier alpha value is -2.64. The highest BCUT2D eigenvalue weighted by Crippen LogP contribution is 2.12. The van der Waals surface area contributed by atoms with Gasteiger partial charge in [0.05, 0.1) is 29.5 Å². The number of hydrogen-bond donors (Lipinski definition) is 2. The van der Waals surface area contributed by atoms with Crippen molar-refractivity contribution in [3.05, 3.63) is 30.4 Å². The topological polar surface area (TPSA) is 109 Å². The van der Waals surface area contributed by atoms with Crippen molar-refractivity contribution < 1.29 is 10.0 Å². The number of nitrogens with two attached hydrogens (primary N) is 1. The molecule has 8 nitrogen and oxygen atoms in total. The zero-order valence-corrected chi connectivity index (χ0v) is 10.6. The first-order chi connectivity index (χ1) is 9.06. The summed E-state index contributed by atoms with van der Waals surface area (Å²) in [7, 11) is 1.57. The minimum atomic E-state index is -0.524. The predicted molar refractivity (Wildman–Crippen MR) is 68.0 cm³/mol. The molecule has 0 aliphatic carbocycles. The van der Waals surface area contributed by atoms with Gasteiger partial charge < -0.3 is 15.8 Å². The molecule has 0 radical (unpaired) electrons. The summed E-state index contributed by atoms with van der Waals surface area (Å²) in [5, 5.41) is 15.6. The molecule has 19 heavy (non-hydrogen) atoms. The van der Waals surface area contributed by atoms with E-state index in [1.165, 1.54) is 11.1 Å². The third-order valence-electron chi connectivity index (χ3n) is 3.00. The second-order valence-corrected chi connectivity index (χ2v) is 4.08. The summed E-state index contributed by atoms with van der Waals surface area (Å²) in [5.74, 6) is -0.312. The van der Waals surface area contributed by atoms with Crippen LogP contribution in [0.1, 0.15) is 17.3 Å². The van der Waals surface area contributed by atoms with Gasteiger partial charge in [-0.25, -0.2) is 4.52 Å². The monoisotopic (exact) mass is 262 g/mol. The maximum Gasteiger partial charge on any atom is 0.258 e. The number of fused-ring (bicyclic) bond motifs is 1. The quantitative estimate of drug-likeness (QED) is 0.348. The van der Waals surface area contributed by atoms with Crippen molar-refractivity contribution in [2.75, 3.05) is 7.05 Å². The smallest absolute Gasteiger partial charge is 0.258 e. The molecule has 1 atom stereocenters. The van der Waals surface area contributed by atoms with Gasteiger partial charge in [0.2, 0.25) is 0 Å². The molecule has 8 heteroatoms. The van der Waals surface area contributed by atoms with Crippen LogP contribution in [0.2, 0.25) is 0 Å². The number of rotatable bonds is 3. The van der Waals surface area contributed by atoms with E-state index in [9.17, 15) is 4.79 Å². The number of aromatic nitrogens is 3. The number of amidine groups is 1. The van der Waals surface area contributed by atoms with Gasteiger partial charge in [-0.05, 0) is 6.92 Å². The normalized spacial score (nSPS) is 13.5. The van der Waals surface area contributed by atoms with Gasteiger partial charge in [0.15, 0.2) is 5.84 Å². The molecule has 0 spiro atoms. The summed E-state index contributed by atoms with van der Waals surface area (Å²) in [6.45, 7) is 1.66. The molecule has 1 amide bonds. The van der Waals surface area contributed by atoms with Crippen LogP contribution in [-0.2, 0) is 0 Å². The van der Waals surface area contributed by atoms with E-state index in [1.54, 1.807) is 37.1 Å². The Labute approximate surface area is 109 Å². The van der Waals surface area contributed by atoms with E-state index in [1.807, 2.05) is 0 Å². The number of nitrogens with zero attached hydrogens (tertiary/aromatic N) is 5. The summed E-state index contributed by atoms with van der Waals surface area (Å²) in [5.41, 5.74) is 6.51. The Morgan fingerprint density at radius 1 is 1.58 bits per heavy atom. The molecule has 2 rings (SSSR count). The lowest BCUT2D eigenvalue weighted by atomic mass is 10.2. The van der Waals surface area contributed by atoms with Gasteiger partial charge in [-0.1, -0.05) is 5.16 Å². The Bertz CT molecular complexity index is 635. The Morgan fingerprint density at radius 3 is 3.00 bits per heavy atom. The van der Waals surface area contributed by atoms with Crippen molar-refractivity contribution in [1.82, 2.24) is 19.5 Å². The molecule has 0 saturated heterocycles. The maximum absolute atomic E-state index is 12.3. The minimum Gasteiger partial charge on any atom is -0.409 e. The van der Waals surface area contributed by atoms with Crippen molar-refractivity contribution >= 4 is 17.3 Å². The second kappa shape index (κ2) is 4.92. The first kappa shape index (κ1) is 12.8. The van der Waals surface area contributed by atoms with E-state index in [-0.39, 0.29) is 11.7 Å². The molecular formula is C11H14N6O2. The Morgan fingerprint density at radius 2 is 2.32 bits per heavy atom. The van der Waals surface area contributed by atoms with E-state index < -0.39 is 6.04 Å². The van der Waals surface area contributed by atoms with Gasteiger partial charge in [0.25, 0.3) is 5.91 Å². The third kappa shape index (κ3) is 2.19. The molecule has 0 aliphatic heterocycles. The van der Waals surface area contributed by atoms with E-state index in [2.05, 4.69) is 15.2 Å². The van der Waals surface area contributed by atoms with Gasteiger partial charge in [0, 0.05) is 19.4 Å².